The summed E-state index contributed by atoms with van der Waals surface area (Å²) in [5.74, 6) is 0.146. The van der Waals surface area contributed by atoms with Gasteiger partial charge in [0.05, 0.1) is 6.61 Å². The van der Waals surface area contributed by atoms with Crippen molar-refractivity contribution in [2.24, 2.45) is 0 Å². The topological polar surface area (TPSA) is 53.6 Å². The Bertz CT molecular complexity index is 477. The summed E-state index contributed by atoms with van der Waals surface area (Å²) in [5, 5.41) is 6.27. The standard InChI is InChI=1S/C16H25N3O2/c1-13-11-15(19-8-5-16(20)18-6-9-19)4-3-14(13)12-17-7-10-21-2/h3-4,11,17H,5-10,12H2,1-2H3,(H,18,20). The molecule has 2 rings (SSSR count). The summed E-state index contributed by atoms with van der Waals surface area (Å²) in [6, 6.07) is 6.53. The van der Waals surface area contributed by atoms with Crippen LogP contribution in [0.5, 0.6) is 0 Å². The largest absolute Gasteiger partial charge is 0.383 e. The van der Waals surface area contributed by atoms with Crippen LogP contribution in [0.2, 0.25) is 0 Å². The second kappa shape index (κ2) is 8.00. The van der Waals surface area contributed by atoms with E-state index in [1.807, 2.05) is 0 Å². The lowest BCUT2D eigenvalue weighted by Gasteiger charge is -2.23. The van der Waals surface area contributed by atoms with E-state index in [2.05, 4.69) is 40.7 Å². The monoisotopic (exact) mass is 291 g/mol. The molecular formula is C16H25N3O2. The first-order valence-corrected chi connectivity index (χ1v) is 7.51. The number of aryl methyl sites for hydroxylation is 1. The van der Waals surface area contributed by atoms with Gasteiger partial charge in [0.25, 0.3) is 0 Å². The zero-order chi connectivity index (χ0) is 15.1. The highest BCUT2D eigenvalue weighted by Crippen LogP contribution is 2.20. The number of amides is 1. The van der Waals surface area contributed by atoms with Gasteiger partial charge < -0.3 is 20.3 Å². The van der Waals surface area contributed by atoms with E-state index in [-0.39, 0.29) is 5.91 Å². The molecule has 5 nitrogen and oxygen atoms in total. The molecule has 1 aliphatic heterocycles. The molecule has 0 spiro atoms. The lowest BCUT2D eigenvalue weighted by atomic mass is 10.1. The highest BCUT2D eigenvalue weighted by Gasteiger charge is 2.14. The number of carbonyl (C=O) groups excluding carboxylic acids is 1. The summed E-state index contributed by atoms with van der Waals surface area (Å²) in [7, 11) is 1.71. The number of rotatable bonds is 6. The van der Waals surface area contributed by atoms with E-state index in [1.165, 1.54) is 16.8 Å². The van der Waals surface area contributed by atoms with Crippen LogP contribution < -0.4 is 15.5 Å². The van der Waals surface area contributed by atoms with Gasteiger partial charge in [-0.25, -0.2) is 0 Å². The number of hydrogen-bond donors (Lipinski definition) is 2. The second-order valence-corrected chi connectivity index (χ2v) is 5.37. The molecule has 2 N–H and O–H groups in total. The maximum atomic E-state index is 11.4. The zero-order valence-electron chi connectivity index (χ0n) is 12.9. The van der Waals surface area contributed by atoms with Crippen LogP contribution in [-0.4, -0.2) is 45.8 Å². The number of nitrogens with zero attached hydrogens (tertiary/aromatic N) is 1. The van der Waals surface area contributed by atoms with Crippen molar-refractivity contribution in [3.63, 3.8) is 0 Å². The normalized spacial score (nSPS) is 15.7. The molecule has 1 aromatic carbocycles. The minimum absolute atomic E-state index is 0.146. The fraction of sp³-hybridized carbons (Fsp3) is 0.562. The second-order valence-electron chi connectivity index (χ2n) is 5.37. The summed E-state index contributed by atoms with van der Waals surface area (Å²) in [5.41, 5.74) is 3.78. The molecular weight excluding hydrogens is 266 g/mol. The van der Waals surface area contributed by atoms with Gasteiger partial charge in [-0.15, -0.1) is 0 Å². The molecule has 1 aromatic rings. The van der Waals surface area contributed by atoms with Crippen molar-refractivity contribution < 1.29 is 9.53 Å². The first-order chi connectivity index (χ1) is 10.2. The molecule has 116 valence electrons. The maximum Gasteiger partial charge on any atom is 0.221 e. The molecule has 0 aromatic heterocycles. The number of hydrogen-bond acceptors (Lipinski definition) is 4. The number of benzene rings is 1. The van der Waals surface area contributed by atoms with E-state index in [0.29, 0.717) is 6.42 Å². The summed E-state index contributed by atoms with van der Waals surface area (Å²) < 4.78 is 5.03. The predicted molar refractivity (Wildman–Crippen MR) is 84.6 cm³/mol. The third-order valence-corrected chi connectivity index (χ3v) is 3.80. The third kappa shape index (κ3) is 4.72. The van der Waals surface area contributed by atoms with E-state index in [1.54, 1.807) is 7.11 Å². The summed E-state index contributed by atoms with van der Waals surface area (Å²) in [6.45, 7) is 6.96. The van der Waals surface area contributed by atoms with Gasteiger partial charge in [0.2, 0.25) is 5.91 Å². The summed E-state index contributed by atoms with van der Waals surface area (Å²) >= 11 is 0. The van der Waals surface area contributed by atoms with E-state index in [4.69, 9.17) is 4.74 Å². The van der Waals surface area contributed by atoms with Crippen LogP contribution in [0, 0.1) is 6.92 Å². The quantitative estimate of drug-likeness (QED) is 0.770. The minimum Gasteiger partial charge on any atom is -0.383 e. The maximum absolute atomic E-state index is 11.4. The molecule has 1 saturated heterocycles. The first kappa shape index (κ1) is 15.8. The fourth-order valence-corrected chi connectivity index (χ4v) is 2.50. The Morgan fingerprint density at radius 1 is 1.38 bits per heavy atom. The van der Waals surface area contributed by atoms with Crippen LogP contribution in [0.15, 0.2) is 18.2 Å². The van der Waals surface area contributed by atoms with Gasteiger partial charge in [-0.3, -0.25) is 4.79 Å². The first-order valence-electron chi connectivity index (χ1n) is 7.51. The van der Waals surface area contributed by atoms with E-state index in [0.717, 1.165) is 39.3 Å². The van der Waals surface area contributed by atoms with Crippen molar-refractivity contribution in [3.05, 3.63) is 29.3 Å². The Kier molecular flexibility index (Phi) is 6.02. The van der Waals surface area contributed by atoms with Gasteiger partial charge in [-0.05, 0) is 30.2 Å². The van der Waals surface area contributed by atoms with Crippen molar-refractivity contribution in [2.75, 3.05) is 44.8 Å². The van der Waals surface area contributed by atoms with Gasteiger partial charge in [0.15, 0.2) is 0 Å². The highest BCUT2D eigenvalue weighted by atomic mass is 16.5. The van der Waals surface area contributed by atoms with Crippen molar-refractivity contribution in [1.82, 2.24) is 10.6 Å². The molecule has 5 heteroatoms. The van der Waals surface area contributed by atoms with Crippen molar-refractivity contribution in [1.29, 1.82) is 0 Å². The third-order valence-electron chi connectivity index (χ3n) is 3.80. The van der Waals surface area contributed by atoms with Gasteiger partial charge >= 0.3 is 0 Å². The average Bonchev–Trinajstić information content (AvgIpc) is 2.70. The Morgan fingerprint density at radius 3 is 3.00 bits per heavy atom. The van der Waals surface area contributed by atoms with Crippen molar-refractivity contribution in [2.45, 2.75) is 19.9 Å². The smallest absolute Gasteiger partial charge is 0.221 e. The number of anilines is 1. The molecule has 0 radical (unpaired) electrons. The van der Waals surface area contributed by atoms with E-state index >= 15 is 0 Å². The van der Waals surface area contributed by atoms with Crippen LogP contribution in [-0.2, 0) is 16.1 Å². The highest BCUT2D eigenvalue weighted by molar-refractivity contribution is 5.77. The van der Waals surface area contributed by atoms with Crippen molar-refractivity contribution in [3.8, 4) is 0 Å². The van der Waals surface area contributed by atoms with Gasteiger partial charge in [0.1, 0.15) is 0 Å². The molecule has 1 heterocycles. The number of carbonyl (C=O) groups is 1. The zero-order valence-corrected chi connectivity index (χ0v) is 12.9. The Hall–Kier alpha value is -1.59. The molecule has 21 heavy (non-hydrogen) atoms. The van der Waals surface area contributed by atoms with Crippen molar-refractivity contribution >= 4 is 11.6 Å². The van der Waals surface area contributed by atoms with Crippen LogP contribution >= 0.6 is 0 Å². The fourth-order valence-electron chi connectivity index (χ4n) is 2.50. The minimum atomic E-state index is 0.146. The molecule has 0 aliphatic carbocycles. The SMILES string of the molecule is COCCNCc1ccc(N2CCNC(=O)CC2)cc1C. The average molecular weight is 291 g/mol. The van der Waals surface area contributed by atoms with Gasteiger partial charge in [-0.2, -0.15) is 0 Å². The molecule has 0 unspecified atom stereocenters. The number of methoxy groups -OCH3 is 1. The lowest BCUT2D eigenvalue weighted by molar-refractivity contribution is -0.120. The molecule has 1 aliphatic rings. The van der Waals surface area contributed by atoms with E-state index in [9.17, 15) is 4.79 Å². The van der Waals surface area contributed by atoms with E-state index < -0.39 is 0 Å². The number of nitrogens with one attached hydrogen (secondary N) is 2. The Labute approximate surface area is 126 Å². The van der Waals surface area contributed by atoms with Crippen LogP contribution in [0.4, 0.5) is 5.69 Å². The Morgan fingerprint density at radius 2 is 2.24 bits per heavy atom. The lowest BCUT2D eigenvalue weighted by Crippen LogP contribution is -2.28. The molecule has 0 saturated carbocycles. The molecule has 1 fully saturated rings. The van der Waals surface area contributed by atoms with Crippen LogP contribution in [0.1, 0.15) is 17.5 Å². The molecule has 0 bridgehead atoms. The Balaban J connectivity index is 1.96. The van der Waals surface area contributed by atoms with Gasteiger partial charge in [0, 0.05) is 51.9 Å². The van der Waals surface area contributed by atoms with Crippen LogP contribution in [0.3, 0.4) is 0 Å². The van der Waals surface area contributed by atoms with Gasteiger partial charge in [-0.1, -0.05) is 6.07 Å². The van der Waals surface area contributed by atoms with Crippen LogP contribution in [0.25, 0.3) is 0 Å². The number of ether oxygens (including phenoxy) is 1. The predicted octanol–water partition coefficient (Wildman–Crippen LogP) is 1.06. The summed E-state index contributed by atoms with van der Waals surface area (Å²) in [4.78, 5) is 13.7. The summed E-state index contributed by atoms with van der Waals surface area (Å²) in [6.07, 6.45) is 0.569. The molecule has 0 atom stereocenters. The molecule has 1 amide bonds.